The molecule has 3 heteroatoms. The molecule has 1 N–H and O–H groups in total. The van der Waals surface area contributed by atoms with Gasteiger partial charge in [-0.1, -0.05) is 35.7 Å². The Kier molecular flexibility index (Phi) is 5.53. The van der Waals surface area contributed by atoms with Gasteiger partial charge in [-0.15, -0.1) is 0 Å². The van der Waals surface area contributed by atoms with Crippen LogP contribution < -0.4 is 5.32 Å². The zero-order valence-electron chi connectivity index (χ0n) is 9.85. The van der Waals surface area contributed by atoms with Crippen molar-refractivity contribution >= 4 is 21.8 Å². The summed E-state index contributed by atoms with van der Waals surface area (Å²) in [5.41, 5.74) is 1.82. The average molecular weight is 284 g/mol. The van der Waals surface area contributed by atoms with Gasteiger partial charge < -0.3 is 5.32 Å². The second-order valence-electron chi connectivity index (χ2n) is 3.98. The minimum absolute atomic E-state index is 0.0144. The second-order valence-corrected chi connectivity index (χ2v) is 4.90. The van der Waals surface area contributed by atoms with Crippen molar-refractivity contribution in [3.8, 4) is 0 Å². The van der Waals surface area contributed by atoms with Crippen LogP contribution in [0.4, 0.5) is 0 Å². The molecule has 0 radical (unpaired) electrons. The summed E-state index contributed by atoms with van der Waals surface area (Å²) < 4.78 is 0.950. The van der Waals surface area contributed by atoms with Crippen LogP contribution in [0, 0.1) is 6.92 Å². The van der Waals surface area contributed by atoms with Crippen molar-refractivity contribution in [1.82, 2.24) is 5.32 Å². The van der Waals surface area contributed by atoms with Crippen LogP contribution in [0.2, 0.25) is 0 Å². The lowest BCUT2D eigenvalue weighted by atomic mass is 10.1. The summed E-state index contributed by atoms with van der Waals surface area (Å²) >= 11 is 3.39. The summed E-state index contributed by atoms with van der Waals surface area (Å²) in [6, 6.07) is 5.75. The third kappa shape index (κ3) is 4.35. The van der Waals surface area contributed by atoms with E-state index in [4.69, 9.17) is 0 Å². The highest BCUT2D eigenvalue weighted by Crippen LogP contribution is 2.15. The monoisotopic (exact) mass is 283 g/mol. The van der Waals surface area contributed by atoms with Crippen LogP contribution in [0.5, 0.6) is 0 Å². The number of carbonyl (C=O) groups is 1. The standard InChI is InChI=1S/C13H18BrNO/c1-3-4-5-6-15-13(16)11-7-10(2)8-12(14)9-11/h7-9H,3-6H2,1-2H3,(H,15,16). The van der Waals surface area contributed by atoms with E-state index in [0.717, 1.165) is 35.0 Å². The van der Waals surface area contributed by atoms with Crippen molar-refractivity contribution in [3.63, 3.8) is 0 Å². The molecule has 0 saturated heterocycles. The Morgan fingerprint density at radius 2 is 2.06 bits per heavy atom. The molecule has 0 bridgehead atoms. The first-order valence-corrected chi connectivity index (χ1v) is 6.48. The fourth-order valence-electron chi connectivity index (χ4n) is 1.55. The molecule has 0 saturated carbocycles. The lowest BCUT2D eigenvalue weighted by Crippen LogP contribution is -2.24. The topological polar surface area (TPSA) is 29.1 Å². The molecule has 0 atom stereocenters. The molecular formula is C13H18BrNO. The normalized spacial score (nSPS) is 10.2. The number of halogens is 1. The third-order valence-corrected chi connectivity index (χ3v) is 2.83. The number of rotatable bonds is 5. The Balaban J connectivity index is 2.52. The smallest absolute Gasteiger partial charge is 0.251 e. The van der Waals surface area contributed by atoms with E-state index < -0.39 is 0 Å². The van der Waals surface area contributed by atoms with Crippen LogP contribution in [0.25, 0.3) is 0 Å². The van der Waals surface area contributed by atoms with E-state index >= 15 is 0 Å². The Labute approximate surface area is 106 Å². The van der Waals surface area contributed by atoms with Crippen LogP contribution >= 0.6 is 15.9 Å². The molecule has 0 aliphatic rings. The molecule has 0 fully saturated rings. The number of hydrogen-bond donors (Lipinski definition) is 1. The number of hydrogen-bond acceptors (Lipinski definition) is 1. The zero-order chi connectivity index (χ0) is 12.0. The van der Waals surface area contributed by atoms with Gasteiger partial charge in [-0.25, -0.2) is 0 Å². The van der Waals surface area contributed by atoms with Crippen LogP contribution in [-0.2, 0) is 0 Å². The molecule has 1 rings (SSSR count). The molecule has 1 amide bonds. The van der Waals surface area contributed by atoms with Gasteiger partial charge >= 0.3 is 0 Å². The fourth-order valence-corrected chi connectivity index (χ4v) is 2.15. The zero-order valence-corrected chi connectivity index (χ0v) is 11.4. The van der Waals surface area contributed by atoms with E-state index in [1.54, 1.807) is 0 Å². The van der Waals surface area contributed by atoms with Gasteiger partial charge in [0.05, 0.1) is 0 Å². The summed E-state index contributed by atoms with van der Waals surface area (Å²) in [5.74, 6) is 0.0144. The third-order valence-electron chi connectivity index (χ3n) is 2.37. The minimum atomic E-state index is 0.0144. The van der Waals surface area contributed by atoms with Gasteiger partial charge in [-0.05, 0) is 37.1 Å². The van der Waals surface area contributed by atoms with Crippen LogP contribution in [0.3, 0.4) is 0 Å². The van der Waals surface area contributed by atoms with Crippen LogP contribution in [0.15, 0.2) is 22.7 Å². The second kappa shape index (κ2) is 6.69. The average Bonchev–Trinajstić information content (AvgIpc) is 2.22. The molecule has 1 aromatic carbocycles. The summed E-state index contributed by atoms with van der Waals surface area (Å²) in [5, 5.41) is 2.93. The van der Waals surface area contributed by atoms with E-state index in [1.807, 2.05) is 25.1 Å². The summed E-state index contributed by atoms with van der Waals surface area (Å²) in [4.78, 5) is 11.8. The quantitative estimate of drug-likeness (QED) is 0.821. The summed E-state index contributed by atoms with van der Waals surface area (Å²) in [7, 11) is 0. The SMILES string of the molecule is CCCCCNC(=O)c1cc(C)cc(Br)c1. The van der Waals surface area contributed by atoms with Gasteiger partial charge in [-0.2, -0.15) is 0 Å². The Bertz CT molecular complexity index is 343. The van der Waals surface area contributed by atoms with Crippen LogP contribution in [0.1, 0.15) is 42.1 Å². The number of carbonyl (C=O) groups excluding carboxylic acids is 1. The number of benzene rings is 1. The Hall–Kier alpha value is -0.830. The summed E-state index contributed by atoms with van der Waals surface area (Å²) in [6.45, 7) is 4.90. The molecule has 0 aliphatic carbocycles. The molecule has 0 unspecified atom stereocenters. The number of aryl methyl sites for hydroxylation is 1. The maximum Gasteiger partial charge on any atom is 0.251 e. The first-order valence-electron chi connectivity index (χ1n) is 5.69. The van der Waals surface area contributed by atoms with Gasteiger partial charge in [0.2, 0.25) is 0 Å². The summed E-state index contributed by atoms with van der Waals surface area (Å²) in [6.07, 6.45) is 3.39. The molecule has 16 heavy (non-hydrogen) atoms. The Morgan fingerprint density at radius 3 is 2.69 bits per heavy atom. The molecule has 0 spiro atoms. The maximum absolute atomic E-state index is 11.8. The van der Waals surface area contributed by atoms with Gasteiger partial charge in [0.25, 0.3) is 5.91 Å². The van der Waals surface area contributed by atoms with E-state index in [9.17, 15) is 4.79 Å². The molecule has 0 aromatic heterocycles. The number of nitrogens with one attached hydrogen (secondary N) is 1. The predicted molar refractivity (Wildman–Crippen MR) is 70.7 cm³/mol. The molecule has 0 heterocycles. The van der Waals surface area contributed by atoms with E-state index in [1.165, 1.54) is 6.42 Å². The van der Waals surface area contributed by atoms with Crippen molar-refractivity contribution in [2.75, 3.05) is 6.54 Å². The molecule has 88 valence electrons. The predicted octanol–water partition coefficient (Wildman–Crippen LogP) is 3.68. The lowest BCUT2D eigenvalue weighted by molar-refractivity contribution is 0.0953. The van der Waals surface area contributed by atoms with E-state index in [-0.39, 0.29) is 5.91 Å². The number of amides is 1. The fraction of sp³-hybridized carbons (Fsp3) is 0.462. The van der Waals surface area contributed by atoms with Gasteiger partial charge in [-0.3, -0.25) is 4.79 Å². The highest BCUT2D eigenvalue weighted by molar-refractivity contribution is 9.10. The maximum atomic E-state index is 11.8. The highest BCUT2D eigenvalue weighted by Gasteiger charge is 2.05. The minimum Gasteiger partial charge on any atom is -0.352 e. The van der Waals surface area contributed by atoms with Gasteiger partial charge in [0.15, 0.2) is 0 Å². The van der Waals surface area contributed by atoms with Crippen molar-refractivity contribution in [3.05, 3.63) is 33.8 Å². The molecular weight excluding hydrogens is 266 g/mol. The first kappa shape index (κ1) is 13.2. The largest absolute Gasteiger partial charge is 0.352 e. The first-order chi connectivity index (χ1) is 7.63. The molecule has 0 aliphatic heterocycles. The van der Waals surface area contributed by atoms with E-state index in [0.29, 0.717) is 0 Å². The van der Waals surface area contributed by atoms with E-state index in [2.05, 4.69) is 28.2 Å². The van der Waals surface area contributed by atoms with Gasteiger partial charge in [0.1, 0.15) is 0 Å². The van der Waals surface area contributed by atoms with Crippen LogP contribution in [-0.4, -0.2) is 12.5 Å². The molecule has 2 nitrogen and oxygen atoms in total. The Morgan fingerprint density at radius 1 is 1.31 bits per heavy atom. The van der Waals surface area contributed by atoms with Crippen molar-refractivity contribution in [2.24, 2.45) is 0 Å². The number of unbranched alkanes of at least 4 members (excludes halogenated alkanes) is 2. The highest BCUT2D eigenvalue weighted by atomic mass is 79.9. The van der Waals surface area contributed by atoms with Gasteiger partial charge in [0, 0.05) is 16.6 Å². The molecule has 1 aromatic rings. The van der Waals surface area contributed by atoms with Crippen molar-refractivity contribution in [2.45, 2.75) is 33.1 Å². The van der Waals surface area contributed by atoms with Crippen molar-refractivity contribution in [1.29, 1.82) is 0 Å². The van der Waals surface area contributed by atoms with Crippen molar-refractivity contribution < 1.29 is 4.79 Å². The lowest BCUT2D eigenvalue weighted by Gasteiger charge is -2.06.